The maximum absolute atomic E-state index is 12.3. The van der Waals surface area contributed by atoms with Crippen molar-refractivity contribution in [3.63, 3.8) is 0 Å². The molecular weight excluding hydrogens is 208 g/mol. The topological polar surface area (TPSA) is 17.1 Å². The van der Waals surface area contributed by atoms with Crippen molar-refractivity contribution in [2.45, 2.75) is 51.9 Å². The Kier molecular flexibility index (Phi) is 2.99. The molecule has 4 fully saturated rings. The molecule has 1 heteroatoms. The van der Waals surface area contributed by atoms with Gasteiger partial charge in [-0.3, -0.25) is 4.79 Å². The predicted octanol–water partition coefficient (Wildman–Crippen LogP) is 3.43. The molecule has 0 aromatic rings. The number of hydrogen-bond donors (Lipinski definition) is 0. The van der Waals surface area contributed by atoms with Crippen LogP contribution in [0.4, 0.5) is 0 Å². The van der Waals surface area contributed by atoms with Gasteiger partial charge in [0.1, 0.15) is 5.78 Å². The highest BCUT2D eigenvalue weighted by Crippen LogP contribution is 2.56. The molecule has 0 radical (unpaired) electrons. The fourth-order valence-corrected chi connectivity index (χ4v) is 4.93. The predicted molar refractivity (Wildman–Crippen MR) is 68.2 cm³/mol. The number of rotatable bonds is 3. The molecule has 0 saturated heterocycles. The SMILES string of the molecule is CC#CCCC(=O)C1C2CC3CC(C2)CC1C3. The smallest absolute Gasteiger partial charge is 0.137 e. The van der Waals surface area contributed by atoms with Crippen LogP contribution in [0.15, 0.2) is 0 Å². The summed E-state index contributed by atoms with van der Waals surface area (Å²) in [6.45, 7) is 1.85. The highest BCUT2D eigenvalue weighted by molar-refractivity contribution is 5.82. The first-order valence-corrected chi connectivity index (χ1v) is 7.20. The maximum Gasteiger partial charge on any atom is 0.137 e. The van der Waals surface area contributed by atoms with E-state index < -0.39 is 0 Å². The molecule has 92 valence electrons. The van der Waals surface area contributed by atoms with Gasteiger partial charge in [0.2, 0.25) is 0 Å². The molecule has 0 aromatic carbocycles. The molecule has 4 bridgehead atoms. The normalized spacial score (nSPS) is 42.1. The lowest BCUT2D eigenvalue weighted by molar-refractivity contribution is -0.135. The van der Waals surface area contributed by atoms with E-state index in [1.54, 1.807) is 0 Å². The first-order chi connectivity index (χ1) is 8.28. The number of ketones is 1. The third-order valence-corrected chi connectivity index (χ3v) is 5.27. The van der Waals surface area contributed by atoms with E-state index in [0.717, 1.165) is 30.1 Å². The van der Waals surface area contributed by atoms with Gasteiger partial charge in [-0.15, -0.1) is 11.8 Å². The molecule has 0 amide bonds. The summed E-state index contributed by atoms with van der Waals surface area (Å²) in [7, 11) is 0. The molecule has 0 spiro atoms. The lowest BCUT2D eigenvalue weighted by Crippen LogP contribution is -2.47. The van der Waals surface area contributed by atoms with Crippen LogP contribution < -0.4 is 0 Å². The molecule has 0 unspecified atom stereocenters. The molecule has 0 aliphatic heterocycles. The van der Waals surface area contributed by atoms with E-state index in [2.05, 4.69) is 11.8 Å². The van der Waals surface area contributed by atoms with Crippen LogP contribution in [-0.4, -0.2) is 5.78 Å². The third-order valence-electron chi connectivity index (χ3n) is 5.27. The van der Waals surface area contributed by atoms with Crippen molar-refractivity contribution in [2.24, 2.45) is 29.6 Å². The summed E-state index contributed by atoms with van der Waals surface area (Å²) >= 11 is 0. The average Bonchev–Trinajstić information content (AvgIpc) is 2.27. The Morgan fingerprint density at radius 1 is 1.06 bits per heavy atom. The Morgan fingerprint density at radius 2 is 1.65 bits per heavy atom. The summed E-state index contributed by atoms with van der Waals surface area (Å²) in [6, 6.07) is 0. The lowest BCUT2D eigenvalue weighted by atomic mass is 9.51. The van der Waals surface area contributed by atoms with Gasteiger partial charge in [-0.05, 0) is 62.7 Å². The van der Waals surface area contributed by atoms with Crippen molar-refractivity contribution >= 4 is 5.78 Å². The molecule has 0 heterocycles. The van der Waals surface area contributed by atoms with Crippen LogP contribution >= 0.6 is 0 Å². The first kappa shape index (κ1) is 11.3. The molecule has 0 atom stereocenters. The minimum Gasteiger partial charge on any atom is -0.299 e. The summed E-state index contributed by atoms with van der Waals surface area (Å²) in [4.78, 5) is 12.3. The highest BCUT2D eigenvalue weighted by atomic mass is 16.1. The fourth-order valence-electron chi connectivity index (χ4n) is 4.93. The van der Waals surface area contributed by atoms with Gasteiger partial charge < -0.3 is 0 Å². The van der Waals surface area contributed by atoms with Crippen molar-refractivity contribution in [3.05, 3.63) is 0 Å². The Labute approximate surface area is 104 Å². The summed E-state index contributed by atoms with van der Waals surface area (Å²) in [5, 5.41) is 0. The number of hydrogen-bond acceptors (Lipinski definition) is 1. The van der Waals surface area contributed by atoms with E-state index >= 15 is 0 Å². The van der Waals surface area contributed by atoms with Crippen LogP contribution in [0.3, 0.4) is 0 Å². The van der Waals surface area contributed by atoms with Crippen molar-refractivity contribution in [2.75, 3.05) is 0 Å². The first-order valence-electron chi connectivity index (χ1n) is 7.20. The van der Waals surface area contributed by atoms with Gasteiger partial charge in [0.25, 0.3) is 0 Å². The molecule has 0 N–H and O–H groups in total. The van der Waals surface area contributed by atoms with Gasteiger partial charge in [0.15, 0.2) is 0 Å². The van der Waals surface area contributed by atoms with Crippen LogP contribution in [0.1, 0.15) is 51.9 Å². The van der Waals surface area contributed by atoms with Crippen molar-refractivity contribution in [3.8, 4) is 11.8 Å². The summed E-state index contributed by atoms with van der Waals surface area (Å²) < 4.78 is 0. The van der Waals surface area contributed by atoms with E-state index in [1.807, 2.05) is 6.92 Å². The quantitative estimate of drug-likeness (QED) is 0.679. The van der Waals surface area contributed by atoms with Crippen LogP contribution in [0.2, 0.25) is 0 Å². The Hall–Kier alpha value is -0.770. The molecule has 1 nitrogen and oxygen atoms in total. The summed E-state index contributed by atoms with van der Waals surface area (Å²) in [5.74, 6) is 10.3. The van der Waals surface area contributed by atoms with Crippen LogP contribution in [0.25, 0.3) is 0 Å². The van der Waals surface area contributed by atoms with Crippen LogP contribution in [0.5, 0.6) is 0 Å². The second-order valence-corrected chi connectivity index (χ2v) is 6.35. The minimum absolute atomic E-state index is 0.418. The minimum atomic E-state index is 0.418. The molecule has 4 rings (SSSR count). The monoisotopic (exact) mass is 230 g/mol. The van der Waals surface area contributed by atoms with Gasteiger partial charge in [-0.2, -0.15) is 0 Å². The second kappa shape index (κ2) is 4.48. The standard InChI is InChI=1S/C16H22O/c1-2-3-4-5-15(17)16-13-7-11-6-12(9-13)10-14(16)8-11/h11-14,16H,4-10H2,1H3. The molecule has 4 aliphatic carbocycles. The van der Waals surface area contributed by atoms with E-state index in [1.165, 1.54) is 32.1 Å². The van der Waals surface area contributed by atoms with Crippen LogP contribution in [0, 0.1) is 41.4 Å². The number of carbonyl (C=O) groups is 1. The second-order valence-electron chi connectivity index (χ2n) is 6.35. The Balaban J connectivity index is 1.66. The summed E-state index contributed by atoms with van der Waals surface area (Å²) in [5.41, 5.74) is 0. The number of Topliss-reactive ketones (excluding diaryl/α,β-unsaturated/α-hetero) is 1. The molecule has 4 saturated carbocycles. The molecule has 0 aromatic heterocycles. The third kappa shape index (κ3) is 2.03. The van der Waals surface area contributed by atoms with Gasteiger partial charge in [0.05, 0.1) is 0 Å². The van der Waals surface area contributed by atoms with E-state index in [9.17, 15) is 4.79 Å². The van der Waals surface area contributed by atoms with Crippen molar-refractivity contribution in [1.29, 1.82) is 0 Å². The lowest BCUT2D eigenvalue weighted by Gasteiger charge is -2.53. The summed E-state index contributed by atoms with van der Waals surface area (Å²) in [6.07, 6.45) is 8.35. The fraction of sp³-hybridized carbons (Fsp3) is 0.812. The van der Waals surface area contributed by atoms with Crippen molar-refractivity contribution in [1.82, 2.24) is 0 Å². The molecular formula is C16H22O. The Morgan fingerprint density at radius 3 is 2.18 bits per heavy atom. The zero-order chi connectivity index (χ0) is 11.8. The zero-order valence-corrected chi connectivity index (χ0v) is 10.7. The van der Waals surface area contributed by atoms with Crippen molar-refractivity contribution < 1.29 is 4.79 Å². The van der Waals surface area contributed by atoms with Crippen LogP contribution in [-0.2, 0) is 4.79 Å². The average molecular weight is 230 g/mol. The van der Waals surface area contributed by atoms with E-state index in [4.69, 9.17) is 0 Å². The molecule has 17 heavy (non-hydrogen) atoms. The number of carbonyl (C=O) groups excluding carboxylic acids is 1. The van der Waals surface area contributed by atoms with Gasteiger partial charge in [-0.25, -0.2) is 0 Å². The maximum atomic E-state index is 12.3. The van der Waals surface area contributed by atoms with E-state index in [0.29, 0.717) is 18.1 Å². The van der Waals surface area contributed by atoms with E-state index in [-0.39, 0.29) is 0 Å². The Bertz CT molecular complexity index is 343. The largest absolute Gasteiger partial charge is 0.299 e. The van der Waals surface area contributed by atoms with Gasteiger partial charge in [0, 0.05) is 18.8 Å². The zero-order valence-electron chi connectivity index (χ0n) is 10.7. The van der Waals surface area contributed by atoms with Gasteiger partial charge >= 0.3 is 0 Å². The highest BCUT2D eigenvalue weighted by Gasteiger charge is 2.50. The van der Waals surface area contributed by atoms with Gasteiger partial charge in [-0.1, -0.05) is 0 Å². The molecule has 4 aliphatic rings.